The second-order valence-corrected chi connectivity index (χ2v) is 7.59. The lowest BCUT2D eigenvalue weighted by Crippen LogP contribution is -2.65. The van der Waals surface area contributed by atoms with Crippen LogP contribution in [-0.2, 0) is 4.79 Å². The number of likely N-dealkylation sites (tertiary alicyclic amines) is 2. The number of piperidine rings is 2. The molecule has 4 rings (SSSR count). The first-order valence-corrected chi connectivity index (χ1v) is 9.33. The lowest BCUT2D eigenvalue weighted by atomic mass is 9.68. The Balaban J connectivity index is 1.63. The van der Waals surface area contributed by atoms with E-state index < -0.39 is 5.41 Å². The van der Waals surface area contributed by atoms with E-state index in [0.29, 0.717) is 25.2 Å². The predicted octanol–water partition coefficient (Wildman–Crippen LogP) is 1.75. The molecule has 0 spiro atoms. The molecule has 142 valence electrons. The number of aromatic nitrogens is 1. The highest BCUT2D eigenvalue weighted by atomic mass is 16.5. The molecule has 0 aliphatic carbocycles. The number of amides is 2. The van der Waals surface area contributed by atoms with Crippen LogP contribution in [0, 0.1) is 5.41 Å². The van der Waals surface area contributed by atoms with Crippen molar-refractivity contribution < 1.29 is 14.1 Å². The Morgan fingerprint density at radius 3 is 2.74 bits per heavy atom. The Morgan fingerprint density at radius 1 is 1.22 bits per heavy atom. The highest BCUT2D eigenvalue weighted by Gasteiger charge is 2.52. The predicted molar refractivity (Wildman–Crippen MR) is 99.7 cm³/mol. The average Bonchev–Trinajstić information content (AvgIpc) is 3.18. The number of nitrogens with two attached hydrogens (primary N) is 1. The fraction of sp³-hybridized carbons (Fsp3) is 0.450. The summed E-state index contributed by atoms with van der Waals surface area (Å²) in [6, 6.07) is 11.0. The third-order valence-electron chi connectivity index (χ3n) is 6.00. The number of fused-ring (bicyclic) bond motifs is 1. The number of carbonyl (C=O) groups is 2. The van der Waals surface area contributed by atoms with Crippen molar-refractivity contribution in [1.82, 2.24) is 15.0 Å². The van der Waals surface area contributed by atoms with Gasteiger partial charge in [-0.25, -0.2) is 0 Å². The molecule has 0 unspecified atom stereocenters. The summed E-state index contributed by atoms with van der Waals surface area (Å²) >= 11 is 0. The Hall–Kier alpha value is -2.67. The van der Waals surface area contributed by atoms with E-state index in [4.69, 9.17) is 10.3 Å². The van der Waals surface area contributed by atoms with E-state index in [1.165, 1.54) is 0 Å². The molecule has 2 aliphatic heterocycles. The van der Waals surface area contributed by atoms with E-state index in [2.05, 4.69) is 10.1 Å². The van der Waals surface area contributed by atoms with E-state index >= 15 is 0 Å². The van der Waals surface area contributed by atoms with Crippen molar-refractivity contribution in [2.75, 3.05) is 26.7 Å². The number of carbonyl (C=O) groups excluding carboxylic acids is 2. The summed E-state index contributed by atoms with van der Waals surface area (Å²) in [4.78, 5) is 29.4. The molecule has 2 aromatic rings. The van der Waals surface area contributed by atoms with E-state index in [9.17, 15) is 9.59 Å². The third-order valence-corrected chi connectivity index (χ3v) is 6.00. The van der Waals surface area contributed by atoms with Crippen LogP contribution in [0.4, 0.5) is 0 Å². The van der Waals surface area contributed by atoms with Gasteiger partial charge in [-0.3, -0.25) is 9.59 Å². The molecular weight excluding hydrogens is 344 g/mol. The molecule has 1 aromatic carbocycles. The number of likely N-dealkylation sites (N-methyl/N-ethyl adjacent to an activating group) is 1. The van der Waals surface area contributed by atoms with Crippen molar-refractivity contribution in [1.29, 1.82) is 0 Å². The van der Waals surface area contributed by atoms with Crippen molar-refractivity contribution in [2.45, 2.75) is 25.3 Å². The van der Waals surface area contributed by atoms with Crippen LogP contribution in [0.1, 0.15) is 29.8 Å². The van der Waals surface area contributed by atoms with Gasteiger partial charge in [0, 0.05) is 24.7 Å². The Labute approximate surface area is 158 Å². The number of hydrogen-bond acceptors (Lipinski definition) is 5. The lowest BCUT2D eigenvalue weighted by molar-refractivity contribution is -0.138. The molecule has 7 heteroatoms. The Bertz CT molecular complexity index is 850. The number of benzene rings is 1. The topological polar surface area (TPSA) is 92.7 Å². The summed E-state index contributed by atoms with van der Waals surface area (Å²) in [5.41, 5.74) is 6.67. The fourth-order valence-corrected chi connectivity index (χ4v) is 4.44. The smallest absolute Gasteiger partial charge is 0.292 e. The van der Waals surface area contributed by atoms with Gasteiger partial charge in [0.25, 0.3) is 5.91 Å². The molecule has 0 bridgehead atoms. The highest BCUT2D eigenvalue weighted by Crippen LogP contribution is 2.42. The quantitative estimate of drug-likeness (QED) is 0.891. The molecule has 3 heterocycles. The van der Waals surface area contributed by atoms with Gasteiger partial charge < -0.3 is 20.1 Å². The monoisotopic (exact) mass is 368 g/mol. The zero-order valence-corrected chi connectivity index (χ0v) is 15.4. The average molecular weight is 368 g/mol. The molecule has 2 N–H and O–H groups in total. The van der Waals surface area contributed by atoms with Gasteiger partial charge in [-0.2, -0.15) is 0 Å². The van der Waals surface area contributed by atoms with Crippen molar-refractivity contribution in [2.24, 2.45) is 11.1 Å². The molecule has 1 aromatic heterocycles. The summed E-state index contributed by atoms with van der Waals surface area (Å²) in [6.07, 6.45) is 2.17. The zero-order valence-electron chi connectivity index (χ0n) is 15.4. The maximum absolute atomic E-state index is 13.2. The Morgan fingerprint density at radius 2 is 2.00 bits per heavy atom. The molecule has 0 radical (unpaired) electrons. The second kappa shape index (κ2) is 6.81. The molecule has 27 heavy (non-hydrogen) atoms. The number of nitrogens with zero attached hydrogens (tertiary/aromatic N) is 3. The molecule has 2 fully saturated rings. The highest BCUT2D eigenvalue weighted by molar-refractivity contribution is 5.94. The number of primary amides is 1. The minimum absolute atomic E-state index is 0.197. The molecule has 0 saturated carbocycles. The van der Waals surface area contributed by atoms with Crippen LogP contribution in [0.3, 0.4) is 0 Å². The van der Waals surface area contributed by atoms with Crippen molar-refractivity contribution in [3.8, 4) is 11.3 Å². The van der Waals surface area contributed by atoms with Crippen LogP contribution in [0.25, 0.3) is 11.3 Å². The first-order chi connectivity index (χ1) is 13.0. The summed E-state index contributed by atoms with van der Waals surface area (Å²) in [7, 11) is 2.00. The first kappa shape index (κ1) is 17.7. The van der Waals surface area contributed by atoms with Crippen LogP contribution in [0.5, 0.6) is 0 Å². The zero-order chi connectivity index (χ0) is 19.0. The number of hydrogen-bond donors (Lipinski definition) is 1. The van der Waals surface area contributed by atoms with Crippen LogP contribution in [0.15, 0.2) is 40.9 Å². The van der Waals surface area contributed by atoms with Crippen molar-refractivity contribution in [3.63, 3.8) is 0 Å². The van der Waals surface area contributed by atoms with Crippen LogP contribution < -0.4 is 5.73 Å². The Kier molecular flexibility index (Phi) is 4.47. The standard InChI is InChI=1S/C20H24N4O3/c1-23-11-9-20(19(21)26)8-5-10-24(17(20)13-23)18(25)16-12-15(22-27-16)14-6-3-2-4-7-14/h2-4,6-7,12,17H,5,8-11,13H2,1H3,(H2,21,26)/t17-,20+/m0/s1. The van der Waals surface area contributed by atoms with E-state index in [0.717, 1.165) is 24.9 Å². The minimum Gasteiger partial charge on any atom is -0.369 e. The maximum atomic E-state index is 13.2. The van der Waals surface area contributed by atoms with E-state index in [1.807, 2.05) is 37.4 Å². The molecule has 2 aliphatic rings. The van der Waals surface area contributed by atoms with E-state index in [1.54, 1.807) is 11.0 Å². The second-order valence-electron chi connectivity index (χ2n) is 7.59. The maximum Gasteiger partial charge on any atom is 0.292 e. The van der Waals surface area contributed by atoms with Crippen LogP contribution in [0.2, 0.25) is 0 Å². The fourth-order valence-electron chi connectivity index (χ4n) is 4.44. The van der Waals surface area contributed by atoms with Gasteiger partial charge in [0.15, 0.2) is 0 Å². The largest absolute Gasteiger partial charge is 0.369 e. The van der Waals surface area contributed by atoms with Crippen molar-refractivity contribution in [3.05, 3.63) is 42.2 Å². The van der Waals surface area contributed by atoms with Gasteiger partial charge in [-0.1, -0.05) is 35.5 Å². The van der Waals surface area contributed by atoms with Gasteiger partial charge in [0.1, 0.15) is 5.69 Å². The van der Waals surface area contributed by atoms with E-state index in [-0.39, 0.29) is 23.6 Å². The summed E-state index contributed by atoms with van der Waals surface area (Å²) in [6.45, 7) is 2.03. The summed E-state index contributed by atoms with van der Waals surface area (Å²) in [5.74, 6) is -0.335. The summed E-state index contributed by atoms with van der Waals surface area (Å²) in [5, 5.41) is 4.05. The van der Waals surface area contributed by atoms with Gasteiger partial charge in [0.05, 0.1) is 11.5 Å². The van der Waals surface area contributed by atoms with Crippen LogP contribution in [-0.4, -0.2) is 59.5 Å². The van der Waals surface area contributed by atoms with Gasteiger partial charge >= 0.3 is 0 Å². The first-order valence-electron chi connectivity index (χ1n) is 9.33. The number of rotatable bonds is 3. The lowest BCUT2D eigenvalue weighted by Gasteiger charge is -2.52. The molecule has 2 amide bonds. The van der Waals surface area contributed by atoms with Gasteiger partial charge in [-0.05, 0) is 32.9 Å². The van der Waals surface area contributed by atoms with Crippen molar-refractivity contribution >= 4 is 11.8 Å². The summed E-state index contributed by atoms with van der Waals surface area (Å²) < 4.78 is 5.36. The van der Waals surface area contributed by atoms with Gasteiger partial charge in [-0.15, -0.1) is 0 Å². The SMILES string of the molecule is CN1CC[C@]2(C(N)=O)CCCN(C(=O)c3cc(-c4ccccc4)no3)[C@H]2C1. The van der Waals surface area contributed by atoms with Crippen LogP contribution >= 0.6 is 0 Å². The third kappa shape index (κ3) is 3.02. The molecular formula is C20H24N4O3. The van der Waals surface area contributed by atoms with Gasteiger partial charge in [0.2, 0.25) is 11.7 Å². The normalized spacial score (nSPS) is 25.8. The molecule has 2 atom stereocenters. The molecule has 2 saturated heterocycles. The molecule has 7 nitrogen and oxygen atoms in total. The minimum atomic E-state index is -0.650.